The molecule has 1 atom stereocenters. The first-order valence-electron chi connectivity index (χ1n) is 10.2. The molecule has 3 aromatic rings. The minimum atomic E-state index is -0.751. The summed E-state index contributed by atoms with van der Waals surface area (Å²) in [5.41, 5.74) is 1.93. The standard InChI is InChI=1S/C25H21Cl2N3O3S/c1-16(33-22-9-5-4-8-21(22)27)24(32)28-18-11-13-19(14-12-18)29-25(34)30-23(31)15-10-17-6-2-3-7-20(17)26/h2-16H,1H3,(H,28,32)(H2,29,30,31,34)/b15-10+. The molecule has 0 aliphatic heterocycles. The van der Waals surface area contributed by atoms with Crippen molar-refractivity contribution >= 4 is 69.8 Å². The van der Waals surface area contributed by atoms with Crippen LogP contribution in [0.15, 0.2) is 78.9 Å². The Kier molecular flexibility index (Phi) is 9.04. The molecular weight excluding hydrogens is 493 g/mol. The first kappa shape index (κ1) is 25.2. The maximum absolute atomic E-state index is 12.4. The topological polar surface area (TPSA) is 79.5 Å². The van der Waals surface area contributed by atoms with Gasteiger partial charge < -0.3 is 15.4 Å². The van der Waals surface area contributed by atoms with Gasteiger partial charge in [-0.2, -0.15) is 0 Å². The molecule has 0 saturated heterocycles. The van der Waals surface area contributed by atoms with Crippen LogP contribution < -0.4 is 20.7 Å². The third-order valence-corrected chi connectivity index (χ3v) is 5.34. The number of nitrogens with one attached hydrogen (secondary N) is 3. The molecule has 9 heteroatoms. The fraction of sp³-hybridized carbons (Fsp3) is 0.0800. The highest BCUT2D eigenvalue weighted by molar-refractivity contribution is 7.80. The highest BCUT2D eigenvalue weighted by atomic mass is 35.5. The van der Waals surface area contributed by atoms with E-state index in [1.807, 2.05) is 12.1 Å². The van der Waals surface area contributed by atoms with Crippen molar-refractivity contribution in [2.75, 3.05) is 10.6 Å². The Balaban J connectivity index is 1.48. The minimum Gasteiger partial charge on any atom is -0.479 e. The summed E-state index contributed by atoms with van der Waals surface area (Å²) in [6.45, 7) is 1.63. The lowest BCUT2D eigenvalue weighted by molar-refractivity contribution is -0.122. The lowest BCUT2D eigenvalue weighted by Gasteiger charge is -2.16. The van der Waals surface area contributed by atoms with E-state index in [0.717, 1.165) is 5.56 Å². The van der Waals surface area contributed by atoms with Crippen molar-refractivity contribution in [3.8, 4) is 5.75 Å². The lowest BCUT2D eigenvalue weighted by Crippen LogP contribution is -2.32. The van der Waals surface area contributed by atoms with Crippen molar-refractivity contribution in [1.82, 2.24) is 5.32 Å². The van der Waals surface area contributed by atoms with E-state index in [2.05, 4.69) is 16.0 Å². The Morgan fingerprint density at radius 2 is 1.47 bits per heavy atom. The quantitative estimate of drug-likeness (QED) is 0.269. The Morgan fingerprint density at radius 1 is 0.882 bits per heavy atom. The highest BCUT2D eigenvalue weighted by Gasteiger charge is 2.16. The average Bonchev–Trinajstić information content (AvgIpc) is 2.81. The molecule has 0 aromatic heterocycles. The Labute approximate surface area is 212 Å². The fourth-order valence-electron chi connectivity index (χ4n) is 2.76. The lowest BCUT2D eigenvalue weighted by atomic mass is 10.2. The van der Waals surface area contributed by atoms with Gasteiger partial charge in [0.15, 0.2) is 11.2 Å². The molecule has 174 valence electrons. The van der Waals surface area contributed by atoms with Crippen molar-refractivity contribution in [3.05, 3.63) is 94.5 Å². The predicted octanol–water partition coefficient (Wildman–Crippen LogP) is 5.93. The number of benzene rings is 3. The smallest absolute Gasteiger partial charge is 0.265 e. The van der Waals surface area contributed by atoms with Gasteiger partial charge in [0, 0.05) is 22.5 Å². The summed E-state index contributed by atoms with van der Waals surface area (Å²) in [5, 5.41) is 9.36. The van der Waals surface area contributed by atoms with Crippen LogP contribution in [0.1, 0.15) is 12.5 Å². The SMILES string of the molecule is CC(Oc1ccccc1Cl)C(=O)Nc1ccc(NC(=S)NC(=O)/C=C/c2ccccc2Cl)cc1. The van der Waals surface area contributed by atoms with Gasteiger partial charge in [0.05, 0.1) is 5.02 Å². The zero-order valence-electron chi connectivity index (χ0n) is 18.0. The molecule has 0 fully saturated rings. The molecular formula is C25H21Cl2N3O3S. The molecule has 6 nitrogen and oxygen atoms in total. The number of thiocarbonyl (C=S) groups is 1. The van der Waals surface area contributed by atoms with E-state index in [0.29, 0.717) is 27.2 Å². The molecule has 0 heterocycles. The molecule has 0 aliphatic carbocycles. The number of halogens is 2. The van der Waals surface area contributed by atoms with Gasteiger partial charge in [-0.15, -0.1) is 0 Å². The number of hydrogen-bond donors (Lipinski definition) is 3. The van der Waals surface area contributed by atoms with E-state index in [4.69, 9.17) is 40.2 Å². The average molecular weight is 514 g/mol. The summed E-state index contributed by atoms with van der Waals surface area (Å²) in [7, 11) is 0. The number of amides is 2. The third kappa shape index (κ3) is 7.59. The number of carbonyl (C=O) groups excluding carboxylic acids is 2. The first-order valence-corrected chi connectivity index (χ1v) is 11.3. The number of ether oxygens (including phenoxy) is 1. The number of carbonyl (C=O) groups is 2. The molecule has 34 heavy (non-hydrogen) atoms. The molecule has 0 spiro atoms. The van der Waals surface area contributed by atoms with Crippen LogP contribution >= 0.6 is 35.4 Å². The van der Waals surface area contributed by atoms with Crippen molar-refractivity contribution in [2.24, 2.45) is 0 Å². The van der Waals surface area contributed by atoms with E-state index < -0.39 is 12.0 Å². The zero-order valence-corrected chi connectivity index (χ0v) is 20.4. The Hall–Kier alpha value is -3.39. The molecule has 3 N–H and O–H groups in total. The maximum atomic E-state index is 12.4. The van der Waals surface area contributed by atoms with Crippen LogP contribution in [-0.4, -0.2) is 23.0 Å². The molecule has 2 amide bonds. The normalized spacial score (nSPS) is 11.5. The molecule has 0 saturated carbocycles. The van der Waals surface area contributed by atoms with Gasteiger partial charge in [0.1, 0.15) is 5.75 Å². The van der Waals surface area contributed by atoms with E-state index in [1.165, 1.54) is 6.08 Å². The van der Waals surface area contributed by atoms with Gasteiger partial charge in [0.2, 0.25) is 5.91 Å². The Morgan fingerprint density at radius 3 is 2.12 bits per heavy atom. The molecule has 1 unspecified atom stereocenters. The summed E-state index contributed by atoms with van der Waals surface area (Å²) < 4.78 is 5.62. The summed E-state index contributed by atoms with van der Waals surface area (Å²) >= 11 is 17.3. The summed E-state index contributed by atoms with van der Waals surface area (Å²) in [6.07, 6.45) is 2.20. The van der Waals surface area contributed by atoms with Gasteiger partial charge >= 0.3 is 0 Å². The number of hydrogen-bond acceptors (Lipinski definition) is 4. The van der Waals surface area contributed by atoms with Crippen LogP contribution in [-0.2, 0) is 9.59 Å². The summed E-state index contributed by atoms with van der Waals surface area (Å²) in [4.78, 5) is 24.5. The second-order valence-corrected chi connectivity index (χ2v) is 8.28. The van der Waals surface area contributed by atoms with E-state index in [1.54, 1.807) is 73.7 Å². The van der Waals surface area contributed by atoms with Crippen molar-refractivity contribution in [2.45, 2.75) is 13.0 Å². The van der Waals surface area contributed by atoms with Crippen molar-refractivity contribution in [3.63, 3.8) is 0 Å². The van der Waals surface area contributed by atoms with Gasteiger partial charge in [0.25, 0.3) is 5.91 Å². The minimum absolute atomic E-state index is 0.132. The van der Waals surface area contributed by atoms with Gasteiger partial charge in [-0.1, -0.05) is 53.5 Å². The predicted molar refractivity (Wildman–Crippen MR) is 141 cm³/mol. The maximum Gasteiger partial charge on any atom is 0.265 e. The summed E-state index contributed by atoms with van der Waals surface area (Å²) in [6, 6.07) is 20.9. The fourth-order valence-corrected chi connectivity index (χ4v) is 3.35. The second kappa shape index (κ2) is 12.2. The van der Waals surface area contributed by atoms with Crippen LogP contribution in [0.25, 0.3) is 6.08 Å². The van der Waals surface area contributed by atoms with Crippen LogP contribution in [0.2, 0.25) is 10.0 Å². The number of rotatable bonds is 7. The van der Waals surface area contributed by atoms with Gasteiger partial charge in [-0.05, 0) is 73.2 Å². The van der Waals surface area contributed by atoms with Crippen LogP contribution in [0.5, 0.6) is 5.75 Å². The molecule has 0 bridgehead atoms. The van der Waals surface area contributed by atoms with Crippen LogP contribution in [0.4, 0.5) is 11.4 Å². The van der Waals surface area contributed by atoms with E-state index in [9.17, 15) is 9.59 Å². The molecule has 3 aromatic carbocycles. The number of para-hydroxylation sites is 1. The van der Waals surface area contributed by atoms with Crippen LogP contribution in [0.3, 0.4) is 0 Å². The zero-order chi connectivity index (χ0) is 24.5. The van der Waals surface area contributed by atoms with Crippen molar-refractivity contribution < 1.29 is 14.3 Å². The van der Waals surface area contributed by atoms with E-state index in [-0.39, 0.29) is 11.0 Å². The number of anilines is 2. The first-order chi connectivity index (χ1) is 16.3. The Bertz CT molecular complexity index is 1220. The third-order valence-electron chi connectivity index (χ3n) is 4.48. The highest BCUT2D eigenvalue weighted by Crippen LogP contribution is 2.24. The van der Waals surface area contributed by atoms with Crippen molar-refractivity contribution in [1.29, 1.82) is 0 Å². The molecule has 3 rings (SSSR count). The van der Waals surface area contributed by atoms with E-state index >= 15 is 0 Å². The van der Waals surface area contributed by atoms with Crippen LogP contribution in [0, 0.1) is 0 Å². The second-order valence-electron chi connectivity index (χ2n) is 7.06. The van der Waals surface area contributed by atoms with Gasteiger partial charge in [-0.25, -0.2) is 0 Å². The van der Waals surface area contributed by atoms with Gasteiger partial charge in [-0.3, -0.25) is 14.9 Å². The largest absolute Gasteiger partial charge is 0.479 e. The molecule has 0 radical (unpaired) electrons. The summed E-state index contributed by atoms with van der Waals surface area (Å²) in [5.74, 6) is -0.286. The monoisotopic (exact) mass is 513 g/mol. The molecule has 0 aliphatic rings.